The maximum Gasteiger partial charge on any atom is 0.416 e. The van der Waals surface area contributed by atoms with Crippen molar-refractivity contribution in [1.82, 2.24) is 4.90 Å². The van der Waals surface area contributed by atoms with Crippen molar-refractivity contribution in [1.29, 1.82) is 0 Å². The van der Waals surface area contributed by atoms with E-state index in [1.807, 2.05) is 0 Å². The number of likely N-dealkylation sites (N-methyl/N-ethyl adjacent to an activating group) is 1. The van der Waals surface area contributed by atoms with Gasteiger partial charge in [-0.05, 0) is 37.7 Å². The largest absolute Gasteiger partial charge is 0.416 e. The maximum atomic E-state index is 12.6. The topological polar surface area (TPSA) is 75.5 Å². The van der Waals surface area contributed by atoms with Gasteiger partial charge in [0.05, 0.1) is 27.2 Å². The number of nitro groups is 1. The molecule has 2 rings (SSSR count). The predicted molar refractivity (Wildman–Crippen MR) is 99.1 cm³/mol. The number of rotatable bonds is 6. The fourth-order valence-electron chi connectivity index (χ4n) is 2.38. The SMILES string of the molecule is C[C@H](C(=O)Nc1ccc([N+](=O)[O-])cc1Cl)N(C)Cc1ccc(C(F)(F)F)cc1. The number of anilines is 1. The molecule has 150 valence electrons. The molecule has 0 fully saturated rings. The molecule has 2 aromatic carbocycles. The summed E-state index contributed by atoms with van der Waals surface area (Å²) in [7, 11) is 1.65. The smallest absolute Gasteiger partial charge is 0.323 e. The lowest BCUT2D eigenvalue weighted by Gasteiger charge is -2.24. The third-order valence-electron chi connectivity index (χ3n) is 4.18. The van der Waals surface area contributed by atoms with Crippen LogP contribution in [0.2, 0.25) is 5.02 Å². The molecule has 0 aliphatic heterocycles. The van der Waals surface area contributed by atoms with E-state index in [0.29, 0.717) is 5.56 Å². The van der Waals surface area contributed by atoms with Crippen molar-refractivity contribution < 1.29 is 22.9 Å². The second-order valence-corrected chi connectivity index (χ2v) is 6.60. The van der Waals surface area contributed by atoms with Crippen molar-refractivity contribution in [2.24, 2.45) is 0 Å². The summed E-state index contributed by atoms with van der Waals surface area (Å²) in [6, 6.07) is 7.75. The number of nitro benzene ring substituents is 1. The number of nitrogens with zero attached hydrogens (tertiary/aromatic N) is 2. The van der Waals surface area contributed by atoms with Crippen LogP contribution >= 0.6 is 11.6 Å². The molecule has 0 aromatic heterocycles. The van der Waals surface area contributed by atoms with Gasteiger partial charge >= 0.3 is 6.18 Å². The molecule has 0 radical (unpaired) electrons. The lowest BCUT2D eigenvalue weighted by molar-refractivity contribution is -0.384. The van der Waals surface area contributed by atoms with E-state index < -0.39 is 28.6 Å². The van der Waals surface area contributed by atoms with Crippen molar-refractivity contribution in [3.8, 4) is 0 Å². The van der Waals surface area contributed by atoms with Gasteiger partial charge in [0, 0.05) is 18.7 Å². The summed E-state index contributed by atoms with van der Waals surface area (Å²) in [4.78, 5) is 24.2. The number of hydrogen-bond acceptors (Lipinski definition) is 4. The van der Waals surface area contributed by atoms with Gasteiger partial charge in [-0.25, -0.2) is 0 Å². The van der Waals surface area contributed by atoms with Crippen LogP contribution in [-0.2, 0) is 17.5 Å². The van der Waals surface area contributed by atoms with Gasteiger partial charge in [0.15, 0.2) is 0 Å². The van der Waals surface area contributed by atoms with Crippen LogP contribution in [0.4, 0.5) is 24.5 Å². The van der Waals surface area contributed by atoms with Crippen molar-refractivity contribution in [3.05, 3.63) is 68.7 Å². The van der Waals surface area contributed by atoms with E-state index in [2.05, 4.69) is 5.32 Å². The van der Waals surface area contributed by atoms with E-state index >= 15 is 0 Å². The van der Waals surface area contributed by atoms with Crippen molar-refractivity contribution in [2.45, 2.75) is 25.7 Å². The second kappa shape index (κ2) is 8.57. The number of halogens is 4. The molecule has 0 saturated heterocycles. The Morgan fingerprint density at radius 2 is 1.86 bits per heavy atom. The molecule has 1 amide bonds. The van der Waals surface area contributed by atoms with E-state index in [0.717, 1.165) is 18.2 Å². The van der Waals surface area contributed by atoms with Crippen LogP contribution in [0.1, 0.15) is 18.1 Å². The van der Waals surface area contributed by atoms with Gasteiger partial charge in [0.1, 0.15) is 0 Å². The molecule has 0 saturated carbocycles. The van der Waals surface area contributed by atoms with Gasteiger partial charge < -0.3 is 5.32 Å². The zero-order valence-electron chi connectivity index (χ0n) is 15.0. The van der Waals surface area contributed by atoms with E-state index in [1.54, 1.807) is 18.9 Å². The predicted octanol–water partition coefficient (Wildman–Crippen LogP) is 4.73. The van der Waals surface area contributed by atoms with Gasteiger partial charge in [-0.3, -0.25) is 19.8 Å². The van der Waals surface area contributed by atoms with Gasteiger partial charge in [-0.15, -0.1) is 0 Å². The lowest BCUT2D eigenvalue weighted by atomic mass is 10.1. The molecule has 0 heterocycles. The Hall–Kier alpha value is -2.65. The normalized spacial score (nSPS) is 12.7. The minimum absolute atomic E-state index is 0.0279. The average molecular weight is 416 g/mol. The molecule has 1 N–H and O–H groups in total. The number of nitrogens with one attached hydrogen (secondary N) is 1. The standard InChI is InChI=1S/C18H17ClF3N3O3/c1-11(17(26)23-16-8-7-14(25(27)28)9-15(16)19)24(2)10-12-3-5-13(6-4-12)18(20,21)22/h3-9,11H,10H2,1-2H3,(H,23,26)/t11-/m1/s1. The molecule has 28 heavy (non-hydrogen) atoms. The van der Waals surface area contributed by atoms with Crippen molar-refractivity contribution in [2.75, 3.05) is 12.4 Å². The summed E-state index contributed by atoms with van der Waals surface area (Å²) in [6.07, 6.45) is -4.40. The summed E-state index contributed by atoms with van der Waals surface area (Å²) >= 11 is 5.96. The third-order valence-corrected chi connectivity index (χ3v) is 4.49. The third kappa shape index (κ3) is 5.43. The van der Waals surface area contributed by atoms with Gasteiger partial charge in [0.25, 0.3) is 5.69 Å². The number of amides is 1. The molecule has 0 bridgehead atoms. The second-order valence-electron chi connectivity index (χ2n) is 6.20. The molecule has 2 aromatic rings. The summed E-state index contributed by atoms with van der Waals surface area (Å²) in [6.45, 7) is 1.87. The molecule has 0 aliphatic carbocycles. The molecule has 0 unspecified atom stereocenters. The number of benzene rings is 2. The summed E-state index contributed by atoms with van der Waals surface area (Å²) < 4.78 is 37.8. The van der Waals surface area contributed by atoms with Crippen LogP contribution in [0.15, 0.2) is 42.5 Å². The Kier molecular flexibility index (Phi) is 6.63. The van der Waals surface area contributed by atoms with Gasteiger partial charge in [-0.1, -0.05) is 23.7 Å². The van der Waals surface area contributed by atoms with Crippen LogP contribution in [0.3, 0.4) is 0 Å². The first kappa shape index (κ1) is 21.6. The fourth-order valence-corrected chi connectivity index (χ4v) is 2.60. The summed E-state index contributed by atoms with van der Waals surface area (Å²) in [5, 5.41) is 13.3. The summed E-state index contributed by atoms with van der Waals surface area (Å²) in [5.41, 5.74) is -0.0939. The van der Waals surface area contributed by atoms with E-state index in [1.165, 1.54) is 24.3 Å². The van der Waals surface area contributed by atoms with Crippen molar-refractivity contribution >= 4 is 28.9 Å². The molecular weight excluding hydrogens is 399 g/mol. The van der Waals surface area contributed by atoms with Crippen LogP contribution in [0.25, 0.3) is 0 Å². The molecular formula is C18H17ClF3N3O3. The summed E-state index contributed by atoms with van der Waals surface area (Å²) in [5.74, 6) is -0.412. The van der Waals surface area contributed by atoms with Gasteiger partial charge in [0.2, 0.25) is 5.91 Å². The Balaban J connectivity index is 2.01. The highest BCUT2D eigenvalue weighted by Crippen LogP contribution is 2.29. The Bertz CT molecular complexity index is 873. The minimum atomic E-state index is -4.40. The Morgan fingerprint density at radius 1 is 1.25 bits per heavy atom. The highest BCUT2D eigenvalue weighted by Gasteiger charge is 2.30. The fraction of sp³-hybridized carbons (Fsp3) is 0.278. The highest BCUT2D eigenvalue weighted by molar-refractivity contribution is 6.34. The van der Waals surface area contributed by atoms with Crippen LogP contribution in [0, 0.1) is 10.1 Å². The zero-order valence-corrected chi connectivity index (χ0v) is 15.7. The average Bonchev–Trinajstić information content (AvgIpc) is 2.62. The maximum absolute atomic E-state index is 12.6. The number of carbonyl (C=O) groups is 1. The van der Waals surface area contributed by atoms with Crippen LogP contribution in [0.5, 0.6) is 0 Å². The highest BCUT2D eigenvalue weighted by atomic mass is 35.5. The zero-order chi connectivity index (χ0) is 21.1. The first-order chi connectivity index (χ1) is 13.0. The number of alkyl halides is 3. The lowest BCUT2D eigenvalue weighted by Crippen LogP contribution is -2.39. The quantitative estimate of drug-likeness (QED) is 0.547. The van der Waals surface area contributed by atoms with E-state index in [-0.39, 0.29) is 22.9 Å². The molecule has 0 spiro atoms. The van der Waals surface area contributed by atoms with Gasteiger partial charge in [-0.2, -0.15) is 13.2 Å². The van der Waals surface area contributed by atoms with Crippen LogP contribution in [-0.4, -0.2) is 28.8 Å². The number of non-ortho nitro benzene ring substituents is 1. The Labute approximate surface area is 164 Å². The molecule has 10 heteroatoms. The molecule has 6 nitrogen and oxygen atoms in total. The first-order valence-corrected chi connectivity index (χ1v) is 8.48. The van der Waals surface area contributed by atoms with Crippen LogP contribution < -0.4 is 5.32 Å². The number of hydrogen-bond donors (Lipinski definition) is 1. The van der Waals surface area contributed by atoms with E-state index in [9.17, 15) is 28.1 Å². The molecule has 0 aliphatic rings. The first-order valence-electron chi connectivity index (χ1n) is 8.10. The Morgan fingerprint density at radius 3 is 2.36 bits per heavy atom. The number of carbonyl (C=O) groups excluding carboxylic acids is 1. The minimum Gasteiger partial charge on any atom is -0.323 e. The van der Waals surface area contributed by atoms with Crippen molar-refractivity contribution in [3.63, 3.8) is 0 Å². The monoisotopic (exact) mass is 415 g/mol. The van der Waals surface area contributed by atoms with E-state index in [4.69, 9.17) is 11.6 Å². The molecule has 1 atom stereocenters.